The summed E-state index contributed by atoms with van der Waals surface area (Å²) in [5.74, 6) is 0.937. The van der Waals surface area contributed by atoms with Gasteiger partial charge in [0.1, 0.15) is 11.6 Å². The Labute approximate surface area is 183 Å². The number of imidazole rings is 1. The highest BCUT2D eigenvalue weighted by Crippen LogP contribution is 2.30. The number of carbonyl (C=O) groups is 1. The summed E-state index contributed by atoms with van der Waals surface area (Å²) in [5, 5.41) is 6.28. The molecule has 0 aliphatic carbocycles. The molecule has 3 aromatic carbocycles. The second kappa shape index (κ2) is 8.52. The molecule has 4 rings (SSSR count). The van der Waals surface area contributed by atoms with E-state index < -0.39 is 0 Å². The van der Waals surface area contributed by atoms with Gasteiger partial charge < -0.3 is 15.0 Å². The maximum atomic E-state index is 12.4. The van der Waals surface area contributed by atoms with Crippen LogP contribution in [-0.4, -0.2) is 28.1 Å². The zero-order chi connectivity index (χ0) is 21.1. The number of anilines is 1. The lowest BCUT2D eigenvalue weighted by Gasteiger charge is -2.14. The molecule has 0 radical (unpaired) electrons. The molecule has 3 N–H and O–H groups in total. The van der Waals surface area contributed by atoms with Gasteiger partial charge in [-0.05, 0) is 60.7 Å². The van der Waals surface area contributed by atoms with E-state index in [-0.39, 0.29) is 11.0 Å². The van der Waals surface area contributed by atoms with Gasteiger partial charge in [0.25, 0.3) is 5.91 Å². The Kier molecular flexibility index (Phi) is 5.65. The molecule has 1 heterocycles. The van der Waals surface area contributed by atoms with Crippen molar-refractivity contribution in [1.82, 2.24) is 15.3 Å². The number of H-pyrrole nitrogens is 1. The summed E-state index contributed by atoms with van der Waals surface area (Å²) in [7, 11) is 1.56. The molecule has 0 aliphatic rings. The number of hydrogen-bond acceptors (Lipinski definition) is 4. The lowest BCUT2D eigenvalue weighted by Crippen LogP contribution is -2.34. The second-order valence-corrected chi connectivity index (χ2v) is 7.28. The number of nitrogens with one attached hydrogen (secondary N) is 3. The van der Waals surface area contributed by atoms with Gasteiger partial charge in [0.15, 0.2) is 5.11 Å². The number of benzene rings is 3. The van der Waals surface area contributed by atoms with Crippen LogP contribution in [0.15, 0.2) is 66.7 Å². The molecule has 0 fully saturated rings. The minimum Gasteiger partial charge on any atom is -0.495 e. The monoisotopic (exact) mass is 436 g/mol. The number of ether oxygens (including phenoxy) is 1. The van der Waals surface area contributed by atoms with Gasteiger partial charge in [-0.25, -0.2) is 4.98 Å². The van der Waals surface area contributed by atoms with Gasteiger partial charge in [-0.3, -0.25) is 10.1 Å². The molecule has 0 spiro atoms. The van der Waals surface area contributed by atoms with Crippen LogP contribution in [0.2, 0.25) is 5.02 Å². The highest BCUT2D eigenvalue weighted by Gasteiger charge is 2.13. The Morgan fingerprint density at radius 3 is 2.70 bits per heavy atom. The maximum absolute atomic E-state index is 12.4. The lowest BCUT2D eigenvalue weighted by atomic mass is 10.1. The lowest BCUT2D eigenvalue weighted by molar-refractivity contribution is 0.0977. The smallest absolute Gasteiger partial charge is 0.257 e. The molecule has 0 unspecified atom stereocenters. The molecule has 0 saturated carbocycles. The average molecular weight is 437 g/mol. The standard InChI is InChI=1S/C22H17ClN4O2S/c1-29-19-10-9-13(20-24-16-7-2-3-8-17(16)25-20)12-18(19)26-22(30)27-21(28)14-5-4-6-15(23)11-14/h2-12H,1H3,(H,24,25)(H2,26,27,28,30). The first-order chi connectivity index (χ1) is 14.5. The van der Waals surface area contributed by atoms with E-state index in [0.717, 1.165) is 22.4 Å². The third-order valence-corrected chi connectivity index (χ3v) is 4.86. The maximum Gasteiger partial charge on any atom is 0.257 e. The van der Waals surface area contributed by atoms with Crippen LogP contribution >= 0.6 is 23.8 Å². The summed E-state index contributed by atoms with van der Waals surface area (Å²) >= 11 is 11.3. The highest BCUT2D eigenvalue weighted by atomic mass is 35.5. The van der Waals surface area contributed by atoms with Crippen molar-refractivity contribution in [2.45, 2.75) is 0 Å². The molecule has 30 heavy (non-hydrogen) atoms. The van der Waals surface area contributed by atoms with Crippen molar-refractivity contribution in [2.75, 3.05) is 12.4 Å². The average Bonchev–Trinajstić information content (AvgIpc) is 3.18. The van der Waals surface area contributed by atoms with Crippen LogP contribution in [0.25, 0.3) is 22.4 Å². The number of amides is 1. The summed E-state index contributed by atoms with van der Waals surface area (Å²) in [6.07, 6.45) is 0. The number of para-hydroxylation sites is 2. The first kappa shape index (κ1) is 19.9. The number of hydrogen-bond donors (Lipinski definition) is 3. The Hall–Kier alpha value is -3.42. The normalized spacial score (nSPS) is 10.6. The topological polar surface area (TPSA) is 79.0 Å². The molecule has 4 aromatic rings. The zero-order valence-corrected chi connectivity index (χ0v) is 17.5. The van der Waals surface area contributed by atoms with Crippen molar-refractivity contribution in [1.29, 1.82) is 0 Å². The molecular formula is C22H17ClN4O2S. The van der Waals surface area contributed by atoms with Crippen LogP contribution < -0.4 is 15.4 Å². The van der Waals surface area contributed by atoms with Crippen molar-refractivity contribution in [2.24, 2.45) is 0 Å². The number of methoxy groups -OCH3 is 1. The number of halogens is 1. The molecule has 8 heteroatoms. The van der Waals surface area contributed by atoms with Gasteiger partial charge in [-0.15, -0.1) is 0 Å². The predicted molar refractivity (Wildman–Crippen MR) is 123 cm³/mol. The number of aromatic amines is 1. The van der Waals surface area contributed by atoms with E-state index in [1.807, 2.05) is 42.5 Å². The number of fused-ring (bicyclic) bond motifs is 1. The first-order valence-electron chi connectivity index (χ1n) is 9.04. The molecule has 0 atom stereocenters. The van der Waals surface area contributed by atoms with E-state index in [9.17, 15) is 4.79 Å². The van der Waals surface area contributed by atoms with E-state index >= 15 is 0 Å². The molecule has 1 amide bonds. The third kappa shape index (κ3) is 4.27. The summed E-state index contributed by atoms with van der Waals surface area (Å²) in [5.41, 5.74) is 3.68. The SMILES string of the molecule is COc1ccc(-c2nc3ccccc3[nH]2)cc1NC(=S)NC(=O)c1cccc(Cl)c1. The van der Waals surface area contributed by atoms with Crippen LogP contribution in [0.5, 0.6) is 5.75 Å². The fourth-order valence-electron chi connectivity index (χ4n) is 3.00. The summed E-state index contributed by atoms with van der Waals surface area (Å²) in [6.45, 7) is 0. The fourth-order valence-corrected chi connectivity index (χ4v) is 3.39. The summed E-state index contributed by atoms with van der Waals surface area (Å²) < 4.78 is 5.42. The van der Waals surface area contributed by atoms with Crippen molar-refractivity contribution in [3.8, 4) is 17.1 Å². The fraction of sp³-hybridized carbons (Fsp3) is 0.0455. The summed E-state index contributed by atoms with van der Waals surface area (Å²) in [6, 6.07) is 20.0. The largest absolute Gasteiger partial charge is 0.495 e. The number of carbonyl (C=O) groups excluding carboxylic acids is 1. The minimum atomic E-state index is -0.359. The molecule has 0 bridgehead atoms. The van der Waals surface area contributed by atoms with Gasteiger partial charge in [-0.1, -0.05) is 29.8 Å². The Balaban J connectivity index is 1.56. The third-order valence-electron chi connectivity index (χ3n) is 4.42. The highest BCUT2D eigenvalue weighted by molar-refractivity contribution is 7.80. The Morgan fingerprint density at radius 2 is 1.93 bits per heavy atom. The number of thiocarbonyl (C=S) groups is 1. The van der Waals surface area contributed by atoms with Crippen LogP contribution in [0.1, 0.15) is 10.4 Å². The van der Waals surface area contributed by atoms with Crippen LogP contribution in [0, 0.1) is 0 Å². The quantitative estimate of drug-likeness (QED) is 0.391. The van der Waals surface area contributed by atoms with E-state index in [1.165, 1.54) is 0 Å². The van der Waals surface area contributed by atoms with E-state index in [4.69, 9.17) is 28.6 Å². The van der Waals surface area contributed by atoms with Crippen molar-refractivity contribution in [3.63, 3.8) is 0 Å². The predicted octanol–water partition coefficient (Wildman–Crippen LogP) is 5.02. The first-order valence-corrected chi connectivity index (χ1v) is 9.83. The van der Waals surface area contributed by atoms with E-state index in [0.29, 0.717) is 22.0 Å². The van der Waals surface area contributed by atoms with Gasteiger partial charge in [-0.2, -0.15) is 0 Å². The van der Waals surface area contributed by atoms with Gasteiger partial charge in [0.05, 0.1) is 23.8 Å². The number of nitrogens with zero attached hydrogens (tertiary/aromatic N) is 1. The van der Waals surface area contributed by atoms with Crippen LogP contribution in [-0.2, 0) is 0 Å². The molecular weight excluding hydrogens is 420 g/mol. The molecule has 1 aromatic heterocycles. The minimum absolute atomic E-state index is 0.139. The van der Waals surface area contributed by atoms with Crippen LogP contribution in [0.4, 0.5) is 5.69 Å². The van der Waals surface area contributed by atoms with Crippen molar-refractivity contribution < 1.29 is 9.53 Å². The summed E-state index contributed by atoms with van der Waals surface area (Å²) in [4.78, 5) is 20.3. The number of rotatable bonds is 4. The number of aromatic nitrogens is 2. The van der Waals surface area contributed by atoms with Gasteiger partial charge >= 0.3 is 0 Å². The van der Waals surface area contributed by atoms with Crippen molar-refractivity contribution >= 4 is 51.6 Å². The van der Waals surface area contributed by atoms with Crippen molar-refractivity contribution in [3.05, 3.63) is 77.3 Å². The van der Waals surface area contributed by atoms with Gasteiger partial charge in [0.2, 0.25) is 0 Å². The van der Waals surface area contributed by atoms with Gasteiger partial charge in [0, 0.05) is 16.1 Å². The molecule has 150 valence electrons. The molecule has 6 nitrogen and oxygen atoms in total. The zero-order valence-electron chi connectivity index (χ0n) is 15.9. The molecule has 0 aliphatic heterocycles. The second-order valence-electron chi connectivity index (χ2n) is 6.44. The van der Waals surface area contributed by atoms with Crippen LogP contribution in [0.3, 0.4) is 0 Å². The Morgan fingerprint density at radius 1 is 1.10 bits per heavy atom. The molecule has 0 saturated heterocycles. The van der Waals surface area contributed by atoms with E-state index in [1.54, 1.807) is 31.4 Å². The van der Waals surface area contributed by atoms with E-state index in [2.05, 4.69) is 20.6 Å². The Bertz CT molecular complexity index is 1220.